The monoisotopic (exact) mass is 691 g/mol. The maximum Gasteiger partial charge on any atom is 0.164 e. The zero-order valence-corrected chi connectivity index (χ0v) is 28.9. The van der Waals surface area contributed by atoms with Crippen LogP contribution < -0.4 is 0 Å². The number of hydrogen-bond acceptors (Lipinski definition) is 5. The van der Waals surface area contributed by atoms with Crippen molar-refractivity contribution in [3.63, 3.8) is 0 Å². The lowest BCUT2D eigenvalue weighted by Crippen LogP contribution is -2.00. The van der Waals surface area contributed by atoms with Crippen molar-refractivity contribution >= 4 is 54.6 Å². The Morgan fingerprint density at radius 3 is 1.46 bits per heavy atom. The Hall–Kier alpha value is -7.37. The van der Waals surface area contributed by atoms with Gasteiger partial charge >= 0.3 is 0 Å². The van der Waals surface area contributed by atoms with Crippen molar-refractivity contribution in [1.82, 2.24) is 15.0 Å². The molecule has 0 unspecified atom stereocenters. The molecule has 0 aliphatic heterocycles. The molecule has 0 radical (unpaired) electrons. The minimum absolute atomic E-state index is 0.621. The first-order valence-electron chi connectivity index (χ1n) is 18.0. The summed E-state index contributed by atoms with van der Waals surface area (Å²) in [4.78, 5) is 14.7. The Morgan fingerprint density at radius 2 is 0.815 bits per heavy atom. The highest BCUT2D eigenvalue weighted by atomic mass is 16.3. The number of nitrogens with zero attached hydrogens (tertiary/aromatic N) is 3. The third kappa shape index (κ3) is 4.90. The lowest BCUT2D eigenvalue weighted by Gasteiger charge is -2.09. The van der Waals surface area contributed by atoms with Crippen LogP contribution in [-0.2, 0) is 0 Å². The molecule has 0 atom stereocenters. The number of rotatable bonds is 5. The Balaban J connectivity index is 1.01. The second-order valence-electron chi connectivity index (χ2n) is 13.6. The Labute approximate surface area is 309 Å². The van der Waals surface area contributed by atoms with Crippen LogP contribution in [0.4, 0.5) is 0 Å². The number of fused-ring (bicyclic) bond motifs is 8. The van der Waals surface area contributed by atoms with E-state index in [-0.39, 0.29) is 0 Å². The molecule has 0 fully saturated rings. The summed E-state index contributed by atoms with van der Waals surface area (Å²) in [6.07, 6.45) is 0. The predicted molar refractivity (Wildman–Crippen MR) is 219 cm³/mol. The molecule has 11 rings (SSSR count). The lowest BCUT2D eigenvalue weighted by atomic mass is 9.98. The summed E-state index contributed by atoms with van der Waals surface area (Å²) in [7, 11) is 0. The highest BCUT2D eigenvalue weighted by Gasteiger charge is 2.18. The van der Waals surface area contributed by atoms with Gasteiger partial charge in [-0.15, -0.1) is 0 Å². The molecule has 0 amide bonds. The van der Waals surface area contributed by atoms with Crippen molar-refractivity contribution < 1.29 is 8.83 Å². The van der Waals surface area contributed by atoms with Gasteiger partial charge in [0.05, 0.1) is 0 Å². The molecule has 252 valence electrons. The highest BCUT2D eigenvalue weighted by molar-refractivity contribution is 6.20. The zero-order chi connectivity index (χ0) is 35.6. The molecule has 11 aromatic rings. The standard InChI is InChI=1S/C49H29N3O2/c1-3-12-32(13-4-1)47-50-48(33-14-5-2-6-15-33)52-49(51-47)34-23-21-31(22-24-34)37-17-9-19-39-40-20-10-18-38(46(40)54-45(37)39)35-26-27-42-41(29-35)44-36-16-8-7-11-30(36)25-28-43(44)53-42/h1-29H. The van der Waals surface area contributed by atoms with Crippen LogP contribution in [0, 0.1) is 0 Å². The second kappa shape index (κ2) is 12.1. The normalized spacial score (nSPS) is 11.7. The largest absolute Gasteiger partial charge is 0.456 e. The minimum Gasteiger partial charge on any atom is -0.456 e. The van der Waals surface area contributed by atoms with Crippen molar-refractivity contribution in [3.05, 3.63) is 176 Å². The van der Waals surface area contributed by atoms with Crippen LogP contribution in [0.15, 0.2) is 185 Å². The summed E-state index contributed by atoms with van der Waals surface area (Å²) in [5.74, 6) is 1.90. The van der Waals surface area contributed by atoms with Gasteiger partial charge in [-0.25, -0.2) is 15.0 Å². The fraction of sp³-hybridized carbons (Fsp3) is 0. The molecular formula is C49H29N3O2. The molecule has 3 aromatic heterocycles. The van der Waals surface area contributed by atoms with Crippen molar-refractivity contribution in [1.29, 1.82) is 0 Å². The molecule has 0 aliphatic carbocycles. The van der Waals surface area contributed by atoms with Crippen molar-refractivity contribution in [2.75, 3.05) is 0 Å². The van der Waals surface area contributed by atoms with Gasteiger partial charge in [-0.2, -0.15) is 0 Å². The lowest BCUT2D eigenvalue weighted by molar-refractivity contribution is 0.668. The van der Waals surface area contributed by atoms with Gasteiger partial charge in [-0.3, -0.25) is 0 Å². The Bertz CT molecular complexity index is 3140. The molecule has 5 nitrogen and oxygen atoms in total. The molecule has 5 heteroatoms. The van der Waals surface area contributed by atoms with E-state index < -0.39 is 0 Å². The zero-order valence-electron chi connectivity index (χ0n) is 28.9. The van der Waals surface area contributed by atoms with Crippen LogP contribution in [0.3, 0.4) is 0 Å². The van der Waals surface area contributed by atoms with Gasteiger partial charge in [0, 0.05) is 49.4 Å². The third-order valence-corrected chi connectivity index (χ3v) is 10.3. The molecule has 0 saturated carbocycles. The Kier molecular flexibility index (Phi) is 6.79. The van der Waals surface area contributed by atoms with Crippen LogP contribution >= 0.6 is 0 Å². The van der Waals surface area contributed by atoms with E-state index in [0.29, 0.717) is 17.5 Å². The van der Waals surface area contributed by atoms with E-state index in [0.717, 1.165) is 82.8 Å². The number of aromatic nitrogens is 3. The molecule has 54 heavy (non-hydrogen) atoms. The first-order chi connectivity index (χ1) is 26.7. The van der Waals surface area contributed by atoms with Gasteiger partial charge in [0.25, 0.3) is 0 Å². The number of benzene rings is 8. The first-order valence-corrected chi connectivity index (χ1v) is 18.0. The summed E-state index contributed by atoms with van der Waals surface area (Å²) in [5, 5.41) is 6.77. The summed E-state index contributed by atoms with van der Waals surface area (Å²) in [6.45, 7) is 0. The van der Waals surface area contributed by atoms with Gasteiger partial charge in [-0.1, -0.05) is 158 Å². The SMILES string of the molecule is c1ccc(-c2nc(-c3ccccc3)nc(-c3ccc(-c4cccc5c4oc4c(-c6ccc7oc8ccc9ccccc9c8c7c6)cccc45)cc3)n2)cc1. The van der Waals surface area contributed by atoms with Gasteiger partial charge in [-0.05, 0) is 40.1 Å². The predicted octanol–water partition coefficient (Wildman–Crippen LogP) is 13.2. The average Bonchev–Trinajstić information content (AvgIpc) is 3.83. The molecule has 0 N–H and O–H groups in total. The van der Waals surface area contributed by atoms with Gasteiger partial charge in [0.1, 0.15) is 22.3 Å². The van der Waals surface area contributed by atoms with E-state index in [1.807, 2.05) is 60.7 Å². The quantitative estimate of drug-likeness (QED) is 0.180. The van der Waals surface area contributed by atoms with E-state index in [2.05, 4.69) is 115 Å². The molecule has 8 aromatic carbocycles. The molecule has 0 aliphatic rings. The van der Waals surface area contributed by atoms with Crippen LogP contribution in [0.1, 0.15) is 0 Å². The first kappa shape index (κ1) is 30.3. The topological polar surface area (TPSA) is 65.0 Å². The summed E-state index contributed by atoms with van der Waals surface area (Å²) in [5.41, 5.74) is 10.5. The van der Waals surface area contributed by atoms with E-state index in [1.54, 1.807) is 0 Å². The van der Waals surface area contributed by atoms with Crippen molar-refractivity contribution in [2.24, 2.45) is 0 Å². The Morgan fingerprint density at radius 1 is 0.315 bits per heavy atom. The minimum atomic E-state index is 0.621. The van der Waals surface area contributed by atoms with Crippen LogP contribution in [-0.4, -0.2) is 15.0 Å². The molecule has 0 bridgehead atoms. The number of para-hydroxylation sites is 2. The maximum atomic E-state index is 6.86. The van der Waals surface area contributed by atoms with E-state index in [1.165, 1.54) is 10.8 Å². The highest BCUT2D eigenvalue weighted by Crippen LogP contribution is 2.42. The molecular weight excluding hydrogens is 663 g/mol. The molecule has 0 spiro atoms. The average molecular weight is 692 g/mol. The van der Waals surface area contributed by atoms with Crippen molar-refractivity contribution in [2.45, 2.75) is 0 Å². The molecule has 3 heterocycles. The van der Waals surface area contributed by atoms with Crippen molar-refractivity contribution in [3.8, 4) is 56.4 Å². The fourth-order valence-electron chi connectivity index (χ4n) is 7.73. The third-order valence-electron chi connectivity index (χ3n) is 10.3. The molecule has 0 saturated heterocycles. The summed E-state index contributed by atoms with van der Waals surface area (Å²) >= 11 is 0. The van der Waals surface area contributed by atoms with Crippen LogP contribution in [0.5, 0.6) is 0 Å². The van der Waals surface area contributed by atoms with Gasteiger partial charge in [0.2, 0.25) is 0 Å². The number of furan rings is 2. The van der Waals surface area contributed by atoms with Gasteiger partial charge < -0.3 is 8.83 Å². The number of hydrogen-bond donors (Lipinski definition) is 0. The van der Waals surface area contributed by atoms with E-state index in [4.69, 9.17) is 23.8 Å². The van der Waals surface area contributed by atoms with Gasteiger partial charge in [0.15, 0.2) is 17.5 Å². The maximum absolute atomic E-state index is 6.86. The van der Waals surface area contributed by atoms with E-state index in [9.17, 15) is 0 Å². The van der Waals surface area contributed by atoms with Crippen LogP contribution in [0.25, 0.3) is 111 Å². The van der Waals surface area contributed by atoms with E-state index >= 15 is 0 Å². The summed E-state index contributed by atoms with van der Waals surface area (Å²) in [6, 6.07) is 60.4. The fourth-order valence-corrected chi connectivity index (χ4v) is 7.73. The smallest absolute Gasteiger partial charge is 0.164 e. The second-order valence-corrected chi connectivity index (χ2v) is 13.6. The van der Waals surface area contributed by atoms with Crippen LogP contribution in [0.2, 0.25) is 0 Å². The summed E-state index contributed by atoms with van der Waals surface area (Å²) < 4.78 is 13.2.